The molecule has 0 bridgehead atoms. The number of hydrogen-bond acceptors (Lipinski definition) is 0. The fourth-order valence-electron chi connectivity index (χ4n) is 0.231. The quantitative estimate of drug-likeness (QED) is 0.457. The summed E-state index contributed by atoms with van der Waals surface area (Å²) in [6, 6.07) is 0. The lowest BCUT2D eigenvalue weighted by Crippen LogP contribution is -1.43. The van der Waals surface area contributed by atoms with Crippen LogP contribution in [0.1, 0.15) is 6.92 Å². The van der Waals surface area contributed by atoms with E-state index in [9.17, 15) is 0 Å². The van der Waals surface area contributed by atoms with Gasteiger partial charge in [-0.25, -0.2) is 0 Å². The topological polar surface area (TPSA) is 0 Å². The number of allylic oxidation sites excluding steroid dienone is 5. The van der Waals surface area contributed by atoms with Gasteiger partial charge in [0.15, 0.2) is 0 Å². The summed E-state index contributed by atoms with van der Waals surface area (Å²) >= 11 is 0. The van der Waals surface area contributed by atoms with Crippen molar-refractivity contribution in [2.45, 2.75) is 6.92 Å². The second-order valence-corrected chi connectivity index (χ2v) is 1.08. The maximum absolute atomic E-state index is 6.54. The Morgan fingerprint density at radius 1 is 1.14 bits per heavy atom. The van der Waals surface area contributed by atoms with Crippen LogP contribution in [0, 0.1) is 6.58 Å². The van der Waals surface area contributed by atoms with E-state index >= 15 is 0 Å². The monoisotopic (exact) mass is 92.1 g/mol. The molecule has 0 spiro atoms. The van der Waals surface area contributed by atoms with Gasteiger partial charge in [0, 0.05) is 0 Å². The number of hydrogen-bond donors (Lipinski definition) is 0. The maximum atomic E-state index is 6.54. The van der Waals surface area contributed by atoms with Crippen molar-refractivity contribution in [2.24, 2.45) is 0 Å². The molecule has 0 rings (SSSR count). The van der Waals surface area contributed by atoms with E-state index in [0.29, 0.717) is 0 Å². The third-order valence-corrected chi connectivity index (χ3v) is 0.511. The molecule has 0 saturated heterocycles. The SMILES string of the molecule is [C]=CC=CC=CC. The van der Waals surface area contributed by atoms with Crippen LogP contribution in [0.4, 0.5) is 0 Å². The van der Waals surface area contributed by atoms with E-state index in [1.54, 1.807) is 6.08 Å². The molecule has 0 aromatic rings. The van der Waals surface area contributed by atoms with Gasteiger partial charge in [0.25, 0.3) is 0 Å². The molecule has 0 atom stereocenters. The minimum Gasteiger partial charge on any atom is -0.0877 e. The van der Waals surface area contributed by atoms with Gasteiger partial charge in [-0.3, -0.25) is 0 Å². The summed E-state index contributed by atoms with van der Waals surface area (Å²) in [5, 5.41) is 0. The van der Waals surface area contributed by atoms with Crippen LogP contribution in [0.15, 0.2) is 30.4 Å². The molecule has 0 unspecified atom stereocenters. The van der Waals surface area contributed by atoms with Crippen LogP contribution in [0.3, 0.4) is 0 Å². The van der Waals surface area contributed by atoms with E-state index in [-0.39, 0.29) is 0 Å². The first kappa shape index (κ1) is 6.22. The zero-order valence-electron chi connectivity index (χ0n) is 4.39. The minimum atomic E-state index is 1.25. The van der Waals surface area contributed by atoms with Crippen LogP contribution in [-0.2, 0) is 0 Å². The van der Waals surface area contributed by atoms with Gasteiger partial charge < -0.3 is 0 Å². The van der Waals surface area contributed by atoms with E-state index < -0.39 is 0 Å². The van der Waals surface area contributed by atoms with Crippen LogP contribution in [0.5, 0.6) is 0 Å². The van der Waals surface area contributed by atoms with Gasteiger partial charge >= 0.3 is 0 Å². The van der Waals surface area contributed by atoms with Crippen LogP contribution in [0.2, 0.25) is 0 Å². The summed E-state index contributed by atoms with van der Waals surface area (Å²) in [7, 11) is 0. The molecule has 36 valence electrons. The Hall–Kier alpha value is -0.780. The Balaban J connectivity index is 3.27. The summed E-state index contributed by atoms with van der Waals surface area (Å²) in [5.41, 5.74) is 0. The molecule has 0 fully saturated rings. The average Bonchev–Trinajstić information content (AvgIpc) is 1.69. The van der Waals surface area contributed by atoms with Crippen molar-refractivity contribution in [2.75, 3.05) is 0 Å². The Labute approximate surface area is 44.9 Å². The van der Waals surface area contributed by atoms with Gasteiger partial charge in [0.05, 0.1) is 0 Å². The first-order valence-corrected chi connectivity index (χ1v) is 2.20. The first-order valence-electron chi connectivity index (χ1n) is 2.20. The molecule has 0 aliphatic rings. The standard InChI is InChI=1S/C7H8/c1-3-5-7-6-4-2/h3-7H,1H3. The third-order valence-electron chi connectivity index (χ3n) is 0.511. The van der Waals surface area contributed by atoms with Crippen LogP contribution >= 0.6 is 0 Å². The van der Waals surface area contributed by atoms with Crippen LogP contribution in [0.25, 0.3) is 0 Å². The Bertz CT molecular complexity index is 86.2. The van der Waals surface area contributed by atoms with Crippen molar-refractivity contribution in [3.8, 4) is 0 Å². The average molecular weight is 92.1 g/mol. The van der Waals surface area contributed by atoms with Crippen molar-refractivity contribution in [1.82, 2.24) is 0 Å². The highest BCUT2D eigenvalue weighted by Crippen LogP contribution is 1.74. The molecule has 0 aromatic carbocycles. The highest BCUT2D eigenvalue weighted by molar-refractivity contribution is 5.07. The van der Waals surface area contributed by atoms with Crippen molar-refractivity contribution < 1.29 is 0 Å². The molecule has 0 N–H and O–H groups in total. The van der Waals surface area contributed by atoms with Crippen molar-refractivity contribution >= 4 is 0 Å². The third kappa shape index (κ3) is 5.22. The molecular weight excluding hydrogens is 84.1 g/mol. The molecule has 0 aliphatic heterocycles. The molecule has 0 aromatic heterocycles. The summed E-state index contributed by atoms with van der Waals surface area (Å²) < 4.78 is 0. The lowest BCUT2D eigenvalue weighted by Gasteiger charge is -1.64. The zero-order valence-corrected chi connectivity index (χ0v) is 4.39. The van der Waals surface area contributed by atoms with E-state index in [0.717, 1.165) is 0 Å². The van der Waals surface area contributed by atoms with E-state index in [1.165, 1.54) is 6.08 Å². The zero-order chi connectivity index (χ0) is 5.54. The molecule has 0 nitrogen and oxygen atoms in total. The molecule has 0 heteroatoms. The summed E-state index contributed by atoms with van der Waals surface area (Å²) in [5.74, 6) is 0. The van der Waals surface area contributed by atoms with Gasteiger partial charge in [-0.05, 0) is 13.5 Å². The lowest BCUT2D eigenvalue weighted by molar-refractivity contribution is 1.73. The number of rotatable bonds is 2. The Kier molecular flexibility index (Phi) is 4.64. The van der Waals surface area contributed by atoms with E-state index in [2.05, 4.69) is 0 Å². The van der Waals surface area contributed by atoms with Gasteiger partial charge in [0.1, 0.15) is 0 Å². The minimum absolute atomic E-state index is 1.25. The fourth-order valence-corrected chi connectivity index (χ4v) is 0.231. The molecule has 7 heavy (non-hydrogen) atoms. The van der Waals surface area contributed by atoms with Gasteiger partial charge in [0.2, 0.25) is 0 Å². The largest absolute Gasteiger partial charge is 0.0877 e. The molecular formula is C7H8. The van der Waals surface area contributed by atoms with Crippen molar-refractivity contribution in [3.05, 3.63) is 37.0 Å². The van der Waals surface area contributed by atoms with Gasteiger partial charge in [-0.2, -0.15) is 0 Å². The highest BCUT2D eigenvalue weighted by atomic mass is 13.6. The molecule has 2 radical (unpaired) electrons. The molecule has 0 heterocycles. The van der Waals surface area contributed by atoms with Gasteiger partial charge in [-0.1, -0.05) is 30.4 Å². The summed E-state index contributed by atoms with van der Waals surface area (Å²) in [6.45, 7) is 8.47. The second-order valence-electron chi connectivity index (χ2n) is 1.08. The Morgan fingerprint density at radius 3 is 2.29 bits per heavy atom. The summed E-state index contributed by atoms with van der Waals surface area (Å²) in [6.07, 6.45) is 8.53. The normalized spacial score (nSPS) is 11.0. The van der Waals surface area contributed by atoms with E-state index in [4.69, 9.17) is 6.58 Å². The van der Waals surface area contributed by atoms with Crippen LogP contribution < -0.4 is 0 Å². The highest BCUT2D eigenvalue weighted by Gasteiger charge is 1.52. The predicted molar refractivity (Wildman–Crippen MR) is 31.8 cm³/mol. The van der Waals surface area contributed by atoms with Crippen molar-refractivity contribution in [1.29, 1.82) is 0 Å². The molecule has 0 amide bonds. The van der Waals surface area contributed by atoms with Crippen molar-refractivity contribution in [3.63, 3.8) is 0 Å². The first-order chi connectivity index (χ1) is 3.41. The smallest absolute Gasteiger partial charge is 0.00990 e. The van der Waals surface area contributed by atoms with E-state index in [1.807, 2.05) is 25.2 Å². The van der Waals surface area contributed by atoms with Crippen LogP contribution in [-0.4, -0.2) is 0 Å². The molecule has 0 aliphatic carbocycles. The fraction of sp³-hybridized carbons (Fsp3) is 0.143. The Morgan fingerprint density at radius 2 is 1.86 bits per heavy atom. The maximum Gasteiger partial charge on any atom is -0.00990 e. The summed E-state index contributed by atoms with van der Waals surface area (Å²) in [4.78, 5) is 0. The second kappa shape index (κ2) is 5.22. The predicted octanol–water partition coefficient (Wildman–Crippen LogP) is 1.98. The van der Waals surface area contributed by atoms with Gasteiger partial charge in [-0.15, -0.1) is 0 Å². The molecule has 0 saturated carbocycles. The lowest BCUT2D eigenvalue weighted by atomic mass is 10.4.